The van der Waals surface area contributed by atoms with Crippen LogP contribution in [0.15, 0.2) is 54.5 Å². The second kappa shape index (κ2) is 7.54. The molecule has 0 bridgehead atoms. The van der Waals surface area contributed by atoms with Crippen molar-refractivity contribution in [2.45, 2.75) is 12.8 Å². The van der Waals surface area contributed by atoms with Crippen LogP contribution in [-0.2, 0) is 0 Å². The molecule has 0 amide bonds. The van der Waals surface area contributed by atoms with Crippen LogP contribution in [0.4, 0.5) is 34.9 Å². The van der Waals surface area contributed by atoms with Gasteiger partial charge in [-0.05, 0) is 42.8 Å². The maximum absolute atomic E-state index is 13.7. The van der Waals surface area contributed by atoms with Gasteiger partial charge < -0.3 is 15.1 Å². The van der Waals surface area contributed by atoms with Crippen molar-refractivity contribution in [3.05, 3.63) is 71.7 Å². The van der Waals surface area contributed by atoms with Gasteiger partial charge in [0.05, 0.1) is 18.8 Å². The van der Waals surface area contributed by atoms with Crippen LogP contribution in [-0.4, -0.2) is 51.8 Å². The van der Waals surface area contributed by atoms with Crippen molar-refractivity contribution in [3.63, 3.8) is 0 Å². The number of hydrogen-bond acceptors (Lipinski definition) is 5. The normalized spacial score (nSPS) is 17.3. The van der Waals surface area contributed by atoms with E-state index in [1.807, 2.05) is 25.1 Å². The van der Waals surface area contributed by atoms with Gasteiger partial charge in [-0.2, -0.15) is 13.8 Å². The molecule has 32 heavy (non-hydrogen) atoms. The molecule has 166 valence electrons. The molecule has 0 radical (unpaired) electrons. The quantitative estimate of drug-likeness (QED) is 0.610. The molecule has 0 spiro atoms. The van der Waals surface area contributed by atoms with E-state index in [1.54, 1.807) is 4.90 Å². The lowest BCUT2D eigenvalue weighted by Gasteiger charge is -2.37. The molecule has 5 rings (SSSR count). The third-order valence-electron chi connectivity index (χ3n) is 5.47. The largest absolute Gasteiger partial charge is 0.365 e. The van der Waals surface area contributed by atoms with Crippen molar-refractivity contribution < 1.29 is 17.6 Å². The van der Waals surface area contributed by atoms with Crippen molar-refractivity contribution >= 4 is 17.3 Å². The molecule has 3 aromatic rings. The van der Waals surface area contributed by atoms with Crippen molar-refractivity contribution in [3.8, 4) is 5.69 Å². The topological polar surface area (TPSA) is 49.2 Å². The fourth-order valence-electron chi connectivity index (χ4n) is 4.10. The number of benzene rings is 2. The molecule has 0 saturated carbocycles. The first-order valence-corrected chi connectivity index (χ1v) is 10.1. The van der Waals surface area contributed by atoms with Gasteiger partial charge >= 0.3 is 0 Å². The minimum absolute atomic E-state index is 0.215. The molecule has 10 heteroatoms. The van der Waals surface area contributed by atoms with Gasteiger partial charge in [0.2, 0.25) is 5.95 Å². The van der Waals surface area contributed by atoms with Gasteiger partial charge in [0.25, 0.3) is 5.92 Å². The minimum Gasteiger partial charge on any atom is -0.365 e. The summed E-state index contributed by atoms with van der Waals surface area (Å²) in [5.74, 6) is -3.93. The summed E-state index contributed by atoms with van der Waals surface area (Å²) in [5.41, 5.74) is 3.45. The second-order valence-electron chi connectivity index (χ2n) is 8.06. The number of fused-ring (bicyclic) bond motifs is 1. The van der Waals surface area contributed by atoms with Crippen LogP contribution in [0.25, 0.3) is 5.69 Å². The first-order valence-electron chi connectivity index (χ1n) is 10.1. The zero-order chi connectivity index (χ0) is 22.5. The van der Waals surface area contributed by atoms with E-state index in [4.69, 9.17) is 0 Å². The Morgan fingerprint density at radius 1 is 0.938 bits per heavy atom. The van der Waals surface area contributed by atoms with Crippen LogP contribution < -0.4 is 10.2 Å². The molecule has 1 fully saturated rings. The Morgan fingerprint density at radius 2 is 1.69 bits per heavy atom. The van der Waals surface area contributed by atoms with E-state index in [0.29, 0.717) is 25.3 Å². The van der Waals surface area contributed by atoms with Gasteiger partial charge in [-0.3, -0.25) is 0 Å². The zero-order valence-corrected chi connectivity index (χ0v) is 17.2. The summed E-state index contributed by atoms with van der Waals surface area (Å²) in [6.07, 6.45) is 2.42. The molecule has 0 unspecified atom stereocenters. The second-order valence-corrected chi connectivity index (χ2v) is 8.06. The summed E-state index contributed by atoms with van der Waals surface area (Å²) in [4.78, 5) is 7.95. The highest BCUT2D eigenvalue weighted by Gasteiger charge is 2.39. The first kappa shape index (κ1) is 20.3. The third kappa shape index (κ3) is 4.12. The van der Waals surface area contributed by atoms with Gasteiger partial charge in [0.15, 0.2) is 0 Å². The van der Waals surface area contributed by atoms with E-state index in [9.17, 15) is 17.6 Å². The molecule has 1 saturated heterocycles. The van der Waals surface area contributed by atoms with E-state index < -0.39 is 17.6 Å². The van der Waals surface area contributed by atoms with E-state index in [2.05, 4.69) is 20.3 Å². The van der Waals surface area contributed by atoms with Crippen LogP contribution in [0.2, 0.25) is 0 Å². The minimum atomic E-state index is -2.78. The molecular weight excluding hydrogens is 424 g/mol. The summed E-state index contributed by atoms with van der Waals surface area (Å²) in [7, 11) is 0. The Balaban J connectivity index is 1.35. The van der Waals surface area contributed by atoms with Crippen LogP contribution >= 0.6 is 0 Å². The predicted octanol–water partition coefficient (Wildman–Crippen LogP) is 4.25. The van der Waals surface area contributed by atoms with Crippen LogP contribution in [0.3, 0.4) is 0 Å². The fraction of sp³-hybridized carbons (Fsp3) is 0.273. The van der Waals surface area contributed by atoms with E-state index >= 15 is 0 Å². The fourth-order valence-corrected chi connectivity index (χ4v) is 4.10. The van der Waals surface area contributed by atoms with Crippen molar-refractivity contribution in [1.82, 2.24) is 19.7 Å². The molecule has 1 aromatic heterocycles. The van der Waals surface area contributed by atoms with Crippen molar-refractivity contribution in [2.24, 2.45) is 0 Å². The molecule has 2 aliphatic rings. The predicted molar refractivity (Wildman–Crippen MR) is 113 cm³/mol. The number of rotatable bonds is 4. The molecule has 6 nitrogen and oxygen atoms in total. The summed E-state index contributed by atoms with van der Waals surface area (Å²) in [6.45, 7) is 3.27. The van der Waals surface area contributed by atoms with Gasteiger partial charge in [0.1, 0.15) is 18.0 Å². The van der Waals surface area contributed by atoms with Gasteiger partial charge in [-0.15, -0.1) is 5.10 Å². The third-order valence-corrected chi connectivity index (χ3v) is 5.47. The van der Waals surface area contributed by atoms with Crippen LogP contribution in [0.1, 0.15) is 5.56 Å². The lowest BCUT2D eigenvalue weighted by Crippen LogP contribution is -2.44. The number of hydrogen-bond donors (Lipinski definition) is 1. The van der Waals surface area contributed by atoms with Crippen molar-refractivity contribution in [2.75, 3.05) is 36.4 Å². The summed E-state index contributed by atoms with van der Waals surface area (Å²) in [5, 5.41) is 7.34. The monoisotopic (exact) mass is 444 g/mol. The lowest BCUT2D eigenvalue weighted by atomic mass is 10.1. The molecule has 0 aliphatic carbocycles. The number of piperazine rings is 1. The summed E-state index contributed by atoms with van der Waals surface area (Å²) < 4.78 is 55.7. The van der Waals surface area contributed by atoms with E-state index in [1.165, 1.54) is 11.0 Å². The lowest BCUT2D eigenvalue weighted by molar-refractivity contribution is 0.0432. The van der Waals surface area contributed by atoms with E-state index in [-0.39, 0.29) is 18.2 Å². The number of aromatic nitrogens is 3. The van der Waals surface area contributed by atoms with E-state index in [0.717, 1.165) is 41.2 Å². The highest BCUT2D eigenvalue weighted by molar-refractivity contribution is 5.64. The molecule has 1 N–H and O–H groups in total. The maximum Gasteiger partial charge on any atom is 0.285 e. The highest BCUT2D eigenvalue weighted by atomic mass is 19.3. The van der Waals surface area contributed by atoms with Gasteiger partial charge in [-0.25, -0.2) is 13.5 Å². The van der Waals surface area contributed by atoms with Crippen LogP contribution in [0.5, 0.6) is 0 Å². The Labute approximate surface area is 181 Å². The molecule has 0 atom stereocenters. The maximum atomic E-state index is 13.7. The van der Waals surface area contributed by atoms with Gasteiger partial charge in [0, 0.05) is 42.3 Å². The number of nitrogens with one attached hydrogen (secondary N) is 1. The average molecular weight is 444 g/mol. The number of aryl methyl sites for hydroxylation is 1. The Hall–Kier alpha value is -3.56. The zero-order valence-electron chi connectivity index (χ0n) is 17.2. The number of anilines is 3. The Bertz CT molecular complexity index is 1180. The highest BCUT2D eigenvalue weighted by Crippen LogP contribution is 2.33. The molecule has 2 aliphatic heterocycles. The van der Waals surface area contributed by atoms with Crippen molar-refractivity contribution in [1.29, 1.82) is 0 Å². The number of nitrogens with zero attached hydrogens (tertiary/aromatic N) is 5. The summed E-state index contributed by atoms with van der Waals surface area (Å²) >= 11 is 0. The Kier molecular flexibility index (Phi) is 4.79. The standard InChI is InChI=1S/C22H20F4N6/c1-14-4-17(28-21-27-13-32(29-21)19-7-15(23)6-16(24)8-19)9-18(5-14)30-2-3-31-12-22(25,26)10-20(31)11-30/h4-10,13H,2-3,11-12H2,1H3,(H,28,29). The first-order chi connectivity index (χ1) is 15.2. The van der Waals surface area contributed by atoms with Gasteiger partial charge in [-0.1, -0.05) is 0 Å². The number of halogens is 4. The summed E-state index contributed by atoms with van der Waals surface area (Å²) in [6, 6.07) is 8.91. The average Bonchev–Trinajstić information content (AvgIpc) is 3.28. The van der Waals surface area contributed by atoms with Crippen LogP contribution in [0, 0.1) is 18.6 Å². The SMILES string of the molecule is Cc1cc(Nc2ncn(-c3cc(F)cc(F)c3)n2)cc(N2CCN3CC(F)(F)C=C3C2)c1. The Morgan fingerprint density at radius 3 is 2.47 bits per heavy atom. The molecule has 3 heterocycles. The number of alkyl halides is 2. The molecular formula is C22H20F4N6. The smallest absolute Gasteiger partial charge is 0.285 e. The molecule has 2 aromatic carbocycles.